The molecule has 0 spiro atoms. The van der Waals surface area contributed by atoms with Gasteiger partial charge in [0.15, 0.2) is 11.5 Å². The van der Waals surface area contributed by atoms with Gasteiger partial charge in [-0.05, 0) is 29.8 Å². The molecule has 2 unspecified atom stereocenters. The number of aliphatic hydroxyl groups is 1. The Morgan fingerprint density at radius 2 is 1.76 bits per heavy atom. The largest absolute Gasteiger partial charge is 0.493 e. The molecule has 7 nitrogen and oxygen atoms in total. The van der Waals surface area contributed by atoms with E-state index in [1.54, 1.807) is 17.0 Å². The molecule has 1 aliphatic heterocycles. The van der Waals surface area contributed by atoms with Crippen LogP contribution in [-0.4, -0.2) is 73.4 Å². The maximum atomic E-state index is 13.1. The Hall–Kier alpha value is -2.82. The lowest BCUT2D eigenvalue weighted by Gasteiger charge is -2.38. The van der Waals surface area contributed by atoms with Crippen LogP contribution in [0.2, 0.25) is 0 Å². The molecule has 3 rings (SSSR count). The molecule has 0 aromatic heterocycles. The molecule has 10 heteroatoms. The summed E-state index contributed by atoms with van der Waals surface area (Å²) in [4.78, 5) is 15.9. The average molecular weight is 467 g/mol. The lowest BCUT2D eigenvalue weighted by Crippen LogP contribution is -2.52. The molecule has 1 fully saturated rings. The Morgan fingerprint density at radius 3 is 2.36 bits per heavy atom. The van der Waals surface area contributed by atoms with Crippen LogP contribution < -0.4 is 15.2 Å². The van der Waals surface area contributed by atoms with Gasteiger partial charge in [0.2, 0.25) is 5.91 Å². The second-order valence-electron chi connectivity index (χ2n) is 7.88. The maximum Gasteiger partial charge on any atom is 0.416 e. The van der Waals surface area contributed by atoms with Crippen molar-refractivity contribution in [3.8, 4) is 11.5 Å². The van der Waals surface area contributed by atoms with Crippen LogP contribution in [0.4, 0.5) is 13.2 Å². The SMILES string of the molecule is COc1ccccc1OCC(O)CN1CCN(C(C(N)=O)c2cccc(C(F)(F)F)c2)CC1. The molecule has 0 bridgehead atoms. The van der Waals surface area contributed by atoms with Gasteiger partial charge in [-0.25, -0.2) is 0 Å². The third-order valence-corrected chi connectivity index (χ3v) is 5.54. The van der Waals surface area contributed by atoms with Crippen LogP contribution in [0.1, 0.15) is 17.2 Å². The van der Waals surface area contributed by atoms with Crippen molar-refractivity contribution in [2.75, 3.05) is 46.4 Å². The lowest BCUT2D eigenvalue weighted by atomic mass is 10.0. The first-order chi connectivity index (χ1) is 15.7. The number of piperazine rings is 1. The Balaban J connectivity index is 1.55. The highest BCUT2D eigenvalue weighted by Crippen LogP contribution is 2.32. The summed E-state index contributed by atoms with van der Waals surface area (Å²) in [5.41, 5.74) is 4.95. The number of aliphatic hydroxyl groups excluding tert-OH is 1. The Kier molecular flexibility index (Phi) is 8.17. The number of halogens is 3. The summed E-state index contributed by atoms with van der Waals surface area (Å²) < 4.78 is 50.1. The number of carbonyl (C=O) groups excluding carboxylic acids is 1. The number of amides is 1. The van der Waals surface area contributed by atoms with Crippen molar-refractivity contribution in [1.29, 1.82) is 0 Å². The second kappa shape index (κ2) is 10.9. The number of hydrogen-bond donors (Lipinski definition) is 2. The summed E-state index contributed by atoms with van der Waals surface area (Å²) in [6.45, 7) is 2.32. The minimum absolute atomic E-state index is 0.0781. The fourth-order valence-electron chi connectivity index (χ4n) is 3.92. The number of ether oxygens (including phenoxy) is 2. The molecule has 2 aromatic rings. The van der Waals surface area contributed by atoms with Crippen molar-refractivity contribution in [2.24, 2.45) is 5.73 Å². The van der Waals surface area contributed by atoms with Crippen LogP contribution >= 0.6 is 0 Å². The predicted molar refractivity (Wildman–Crippen MR) is 116 cm³/mol. The second-order valence-corrected chi connectivity index (χ2v) is 7.88. The quantitative estimate of drug-likeness (QED) is 0.589. The first-order valence-corrected chi connectivity index (χ1v) is 10.6. The minimum Gasteiger partial charge on any atom is -0.493 e. The molecule has 1 saturated heterocycles. The van der Waals surface area contributed by atoms with Crippen molar-refractivity contribution in [3.63, 3.8) is 0 Å². The van der Waals surface area contributed by atoms with Gasteiger partial charge in [-0.3, -0.25) is 14.6 Å². The third-order valence-electron chi connectivity index (χ3n) is 5.54. The van der Waals surface area contributed by atoms with Crippen molar-refractivity contribution in [1.82, 2.24) is 9.80 Å². The van der Waals surface area contributed by atoms with E-state index in [1.807, 2.05) is 17.0 Å². The summed E-state index contributed by atoms with van der Waals surface area (Å²) >= 11 is 0. The zero-order valence-electron chi connectivity index (χ0n) is 18.3. The molecule has 33 heavy (non-hydrogen) atoms. The highest BCUT2D eigenvalue weighted by molar-refractivity contribution is 5.81. The number of nitrogens with zero attached hydrogens (tertiary/aromatic N) is 2. The van der Waals surface area contributed by atoms with E-state index < -0.39 is 29.8 Å². The van der Waals surface area contributed by atoms with Crippen LogP contribution in [0.5, 0.6) is 11.5 Å². The summed E-state index contributed by atoms with van der Waals surface area (Å²) in [5, 5.41) is 10.4. The molecule has 2 atom stereocenters. The van der Waals surface area contributed by atoms with Gasteiger partial charge >= 0.3 is 6.18 Å². The van der Waals surface area contributed by atoms with Gasteiger partial charge in [0.25, 0.3) is 0 Å². The number of benzene rings is 2. The summed E-state index contributed by atoms with van der Waals surface area (Å²) in [6, 6.07) is 10.9. The highest BCUT2D eigenvalue weighted by atomic mass is 19.4. The summed E-state index contributed by atoms with van der Waals surface area (Å²) in [6.07, 6.45) is -5.25. The molecular formula is C23H28F3N3O4. The number of hydrogen-bond acceptors (Lipinski definition) is 6. The number of methoxy groups -OCH3 is 1. The van der Waals surface area contributed by atoms with E-state index in [0.29, 0.717) is 44.2 Å². The monoisotopic (exact) mass is 467 g/mol. The van der Waals surface area contributed by atoms with Gasteiger partial charge in [-0.1, -0.05) is 24.3 Å². The molecule has 3 N–H and O–H groups in total. The summed E-state index contributed by atoms with van der Waals surface area (Å²) in [5.74, 6) is 0.410. The standard InChI is InChI=1S/C23H28F3N3O4/c1-32-19-7-2-3-8-20(19)33-15-18(30)14-28-9-11-29(12-10-28)21(22(27)31)16-5-4-6-17(13-16)23(24,25)26/h2-8,13,18,21,30H,9-12,14-15H2,1H3,(H2,27,31). The first-order valence-electron chi connectivity index (χ1n) is 10.6. The van der Waals surface area contributed by atoms with E-state index >= 15 is 0 Å². The molecule has 2 aromatic carbocycles. The molecule has 180 valence electrons. The maximum absolute atomic E-state index is 13.1. The number of nitrogens with two attached hydrogens (primary N) is 1. The Bertz CT molecular complexity index is 933. The normalized spacial score (nSPS) is 17.4. The topological polar surface area (TPSA) is 88.3 Å². The highest BCUT2D eigenvalue weighted by Gasteiger charge is 2.34. The van der Waals surface area contributed by atoms with E-state index in [4.69, 9.17) is 15.2 Å². The van der Waals surface area contributed by atoms with Gasteiger partial charge in [0.1, 0.15) is 18.8 Å². The molecular weight excluding hydrogens is 439 g/mol. The molecule has 1 aliphatic rings. The van der Waals surface area contributed by atoms with Gasteiger partial charge in [-0.2, -0.15) is 13.2 Å². The number of carbonyl (C=O) groups is 1. The lowest BCUT2D eigenvalue weighted by molar-refractivity contribution is -0.138. The third kappa shape index (κ3) is 6.59. The van der Waals surface area contributed by atoms with E-state index in [9.17, 15) is 23.1 Å². The van der Waals surface area contributed by atoms with E-state index in [2.05, 4.69) is 0 Å². The fourth-order valence-corrected chi connectivity index (χ4v) is 3.92. The first kappa shape index (κ1) is 24.8. The Morgan fingerprint density at radius 1 is 1.09 bits per heavy atom. The zero-order chi connectivity index (χ0) is 24.0. The van der Waals surface area contributed by atoms with Crippen LogP contribution in [0.25, 0.3) is 0 Å². The number of β-amino-alcohol motifs (C(OH)–C–C–N with tert-alkyl or cyclic N) is 1. The number of rotatable bonds is 9. The van der Waals surface area contributed by atoms with Crippen molar-refractivity contribution in [3.05, 3.63) is 59.7 Å². The van der Waals surface area contributed by atoms with Gasteiger partial charge < -0.3 is 20.3 Å². The molecule has 0 saturated carbocycles. The Labute approximate surface area is 190 Å². The van der Waals surface area contributed by atoms with Crippen LogP contribution in [0.15, 0.2) is 48.5 Å². The van der Waals surface area contributed by atoms with Crippen molar-refractivity contribution < 1.29 is 32.5 Å². The van der Waals surface area contributed by atoms with E-state index in [1.165, 1.54) is 19.2 Å². The number of para-hydroxylation sites is 2. The average Bonchev–Trinajstić information content (AvgIpc) is 2.78. The summed E-state index contributed by atoms with van der Waals surface area (Å²) in [7, 11) is 1.54. The zero-order valence-corrected chi connectivity index (χ0v) is 18.3. The van der Waals surface area contributed by atoms with Crippen LogP contribution in [-0.2, 0) is 11.0 Å². The molecule has 0 aliphatic carbocycles. The molecule has 1 heterocycles. The van der Waals surface area contributed by atoms with Crippen molar-refractivity contribution in [2.45, 2.75) is 18.3 Å². The molecule has 1 amide bonds. The van der Waals surface area contributed by atoms with Crippen LogP contribution in [0.3, 0.4) is 0 Å². The van der Waals surface area contributed by atoms with Gasteiger partial charge in [0.05, 0.1) is 12.7 Å². The predicted octanol–water partition coefficient (Wildman–Crippen LogP) is 2.30. The number of primary amides is 1. The van der Waals surface area contributed by atoms with Crippen molar-refractivity contribution >= 4 is 5.91 Å². The minimum atomic E-state index is -4.50. The fraction of sp³-hybridized carbons (Fsp3) is 0.435. The number of alkyl halides is 3. The molecule has 0 radical (unpaired) electrons. The smallest absolute Gasteiger partial charge is 0.416 e. The van der Waals surface area contributed by atoms with Crippen LogP contribution in [0, 0.1) is 0 Å². The van der Waals surface area contributed by atoms with E-state index in [-0.39, 0.29) is 12.2 Å². The van der Waals surface area contributed by atoms with Gasteiger partial charge in [0, 0.05) is 32.7 Å². The van der Waals surface area contributed by atoms with Gasteiger partial charge in [-0.15, -0.1) is 0 Å². The van der Waals surface area contributed by atoms with E-state index in [0.717, 1.165) is 12.1 Å².